The molecule has 2 aliphatic rings. The fourth-order valence-electron chi connectivity index (χ4n) is 4.57. The fraction of sp³-hybridized carbons (Fsp3) is 0.348. The lowest BCUT2D eigenvalue weighted by molar-refractivity contribution is -0.125. The number of methoxy groups -OCH3 is 1. The van der Waals surface area contributed by atoms with Crippen LogP contribution in [0.15, 0.2) is 54.6 Å². The van der Waals surface area contributed by atoms with Crippen LogP contribution in [0.2, 0.25) is 0 Å². The molecule has 2 fully saturated rings. The summed E-state index contributed by atoms with van der Waals surface area (Å²) < 4.78 is 5.31. The third-order valence-corrected chi connectivity index (χ3v) is 6.40. The highest BCUT2D eigenvalue weighted by atomic mass is 16.5. The minimum absolute atomic E-state index is 0.199. The number of nitrogens with one attached hydrogen (secondary N) is 3. The highest BCUT2D eigenvalue weighted by Crippen LogP contribution is 2.44. The number of rotatable bonds is 5. The van der Waals surface area contributed by atoms with Gasteiger partial charge in [0.15, 0.2) is 0 Å². The monoisotopic (exact) mass is 407 g/mol. The minimum atomic E-state index is -0.845. The Balaban J connectivity index is 1.55. The number of carbonyl (C=O) groups is 3. The molecule has 156 valence electrons. The summed E-state index contributed by atoms with van der Waals surface area (Å²) in [5.74, 6) is 0.0684. The van der Waals surface area contributed by atoms with Crippen molar-refractivity contribution in [1.82, 2.24) is 16.0 Å². The fourth-order valence-corrected chi connectivity index (χ4v) is 4.57. The molecular formula is C23H25N3O4. The van der Waals surface area contributed by atoms with E-state index >= 15 is 0 Å². The predicted octanol–water partition coefficient (Wildman–Crippen LogP) is 2.52. The van der Waals surface area contributed by atoms with Gasteiger partial charge in [-0.15, -0.1) is 0 Å². The van der Waals surface area contributed by atoms with Crippen LogP contribution in [0.1, 0.15) is 41.6 Å². The van der Waals surface area contributed by atoms with Crippen LogP contribution in [0.4, 0.5) is 4.79 Å². The Bertz CT molecular complexity index is 965. The Hall–Kier alpha value is -3.35. The summed E-state index contributed by atoms with van der Waals surface area (Å²) in [5.41, 5.74) is 0.433. The average Bonchev–Trinajstić information content (AvgIpc) is 3.06. The zero-order chi connectivity index (χ0) is 21.2. The molecule has 7 nitrogen and oxygen atoms in total. The second kappa shape index (κ2) is 7.82. The van der Waals surface area contributed by atoms with Gasteiger partial charge in [0, 0.05) is 12.0 Å². The van der Waals surface area contributed by atoms with Crippen molar-refractivity contribution in [3.63, 3.8) is 0 Å². The first-order valence-corrected chi connectivity index (χ1v) is 10.1. The van der Waals surface area contributed by atoms with Crippen molar-refractivity contribution in [1.29, 1.82) is 0 Å². The van der Waals surface area contributed by atoms with Gasteiger partial charge >= 0.3 is 6.03 Å². The molecule has 1 spiro atoms. The van der Waals surface area contributed by atoms with Gasteiger partial charge in [-0.3, -0.25) is 14.9 Å². The maximum atomic E-state index is 12.9. The quantitative estimate of drug-likeness (QED) is 0.664. The van der Waals surface area contributed by atoms with Gasteiger partial charge in [0.1, 0.15) is 11.3 Å². The van der Waals surface area contributed by atoms with E-state index in [-0.39, 0.29) is 17.2 Å². The summed E-state index contributed by atoms with van der Waals surface area (Å²) >= 11 is 0. The van der Waals surface area contributed by atoms with E-state index in [1.165, 1.54) is 0 Å². The van der Waals surface area contributed by atoms with E-state index in [1.54, 1.807) is 25.3 Å². The lowest BCUT2D eigenvalue weighted by Crippen LogP contribution is -2.54. The van der Waals surface area contributed by atoms with E-state index in [9.17, 15) is 14.4 Å². The Morgan fingerprint density at radius 1 is 1.00 bits per heavy atom. The van der Waals surface area contributed by atoms with Crippen molar-refractivity contribution in [3.8, 4) is 5.75 Å². The number of benzene rings is 2. The molecule has 0 unspecified atom stereocenters. The van der Waals surface area contributed by atoms with Crippen molar-refractivity contribution in [2.24, 2.45) is 0 Å². The first kappa shape index (κ1) is 19.9. The lowest BCUT2D eigenvalue weighted by Gasteiger charge is -2.44. The molecule has 3 N–H and O–H groups in total. The number of imide groups is 1. The number of hydrogen-bond donors (Lipinski definition) is 3. The molecule has 0 atom stereocenters. The molecule has 4 amide bonds. The smallest absolute Gasteiger partial charge is 0.322 e. The van der Waals surface area contributed by atoms with Crippen molar-refractivity contribution >= 4 is 17.8 Å². The Morgan fingerprint density at radius 2 is 1.67 bits per heavy atom. The van der Waals surface area contributed by atoms with E-state index in [0.29, 0.717) is 43.5 Å². The van der Waals surface area contributed by atoms with Gasteiger partial charge in [0.05, 0.1) is 12.7 Å². The van der Waals surface area contributed by atoms with E-state index in [4.69, 9.17) is 4.74 Å². The predicted molar refractivity (Wildman–Crippen MR) is 111 cm³/mol. The van der Waals surface area contributed by atoms with Crippen LogP contribution in [-0.4, -0.2) is 37.0 Å². The van der Waals surface area contributed by atoms with Crippen molar-refractivity contribution in [2.75, 3.05) is 13.7 Å². The number of urea groups is 1. The van der Waals surface area contributed by atoms with Gasteiger partial charge in [-0.1, -0.05) is 42.5 Å². The van der Waals surface area contributed by atoms with Crippen molar-refractivity contribution in [2.45, 2.75) is 36.6 Å². The summed E-state index contributed by atoms with van der Waals surface area (Å²) in [5, 5.41) is 8.24. The highest BCUT2D eigenvalue weighted by molar-refractivity contribution is 6.07. The second-order valence-electron chi connectivity index (χ2n) is 8.02. The molecule has 2 aromatic carbocycles. The molecule has 1 heterocycles. The summed E-state index contributed by atoms with van der Waals surface area (Å²) in [6.07, 6.45) is 2.36. The lowest BCUT2D eigenvalue weighted by atomic mass is 9.64. The molecule has 1 saturated carbocycles. The topological polar surface area (TPSA) is 96.5 Å². The number of carbonyl (C=O) groups excluding carboxylic acids is 3. The van der Waals surface area contributed by atoms with Crippen LogP contribution in [0.3, 0.4) is 0 Å². The van der Waals surface area contributed by atoms with Gasteiger partial charge in [0.25, 0.3) is 11.8 Å². The van der Waals surface area contributed by atoms with Crippen molar-refractivity contribution in [3.05, 3.63) is 65.7 Å². The third kappa shape index (κ3) is 3.51. The zero-order valence-corrected chi connectivity index (χ0v) is 16.9. The average molecular weight is 407 g/mol. The SMILES string of the molecule is COc1ccccc1C(=O)NCC1(c2ccccc2)CCC2(CC1)NC(=O)NC2=O. The molecule has 2 aromatic rings. The molecule has 0 radical (unpaired) electrons. The van der Waals surface area contributed by atoms with Crippen LogP contribution < -0.4 is 20.7 Å². The van der Waals surface area contributed by atoms with Gasteiger partial charge in [-0.05, 0) is 43.4 Å². The van der Waals surface area contributed by atoms with Crippen LogP contribution in [0.5, 0.6) is 5.75 Å². The third-order valence-electron chi connectivity index (χ3n) is 6.40. The maximum absolute atomic E-state index is 12.9. The Labute approximate surface area is 175 Å². The number of para-hydroxylation sites is 1. The molecule has 1 saturated heterocycles. The number of ether oxygens (including phenoxy) is 1. The van der Waals surface area contributed by atoms with Gasteiger partial charge in [-0.2, -0.15) is 0 Å². The van der Waals surface area contributed by atoms with Crippen LogP contribution in [-0.2, 0) is 10.2 Å². The first-order valence-electron chi connectivity index (χ1n) is 10.1. The summed E-state index contributed by atoms with van der Waals surface area (Å²) in [6, 6.07) is 16.7. The van der Waals surface area contributed by atoms with E-state index < -0.39 is 11.6 Å². The van der Waals surface area contributed by atoms with Crippen LogP contribution in [0, 0.1) is 0 Å². The van der Waals surface area contributed by atoms with Gasteiger partial charge < -0.3 is 15.4 Å². The Morgan fingerprint density at radius 3 is 2.30 bits per heavy atom. The summed E-state index contributed by atoms with van der Waals surface area (Å²) in [6.45, 7) is 0.430. The zero-order valence-electron chi connectivity index (χ0n) is 16.9. The van der Waals surface area contributed by atoms with Crippen molar-refractivity contribution < 1.29 is 19.1 Å². The standard InChI is InChI=1S/C23H25N3O4/c1-30-18-10-6-5-9-17(18)19(27)24-15-22(16-7-3-2-4-8-16)11-13-23(14-12-22)20(28)25-21(29)26-23/h2-10H,11-15H2,1H3,(H,24,27)(H2,25,26,28,29). The Kier molecular flexibility index (Phi) is 5.20. The van der Waals surface area contributed by atoms with E-state index in [1.807, 2.05) is 24.3 Å². The van der Waals surface area contributed by atoms with E-state index in [2.05, 4.69) is 28.1 Å². The summed E-state index contributed by atoms with van der Waals surface area (Å²) in [4.78, 5) is 36.9. The molecule has 0 aromatic heterocycles. The second-order valence-corrected chi connectivity index (χ2v) is 8.02. The molecule has 1 aliphatic heterocycles. The minimum Gasteiger partial charge on any atom is -0.496 e. The van der Waals surface area contributed by atoms with E-state index in [0.717, 1.165) is 5.56 Å². The normalized spacial score (nSPS) is 25.5. The molecular weight excluding hydrogens is 382 g/mol. The molecule has 1 aliphatic carbocycles. The van der Waals surface area contributed by atoms with Gasteiger partial charge in [0.2, 0.25) is 0 Å². The molecule has 30 heavy (non-hydrogen) atoms. The number of amides is 4. The molecule has 7 heteroatoms. The first-order chi connectivity index (χ1) is 14.5. The highest BCUT2D eigenvalue weighted by Gasteiger charge is 2.52. The largest absolute Gasteiger partial charge is 0.496 e. The van der Waals surface area contributed by atoms with Gasteiger partial charge in [-0.25, -0.2) is 4.79 Å². The molecule has 4 rings (SSSR count). The van der Waals surface area contributed by atoms with Crippen LogP contribution in [0.25, 0.3) is 0 Å². The number of hydrogen-bond acceptors (Lipinski definition) is 4. The molecule has 0 bridgehead atoms. The maximum Gasteiger partial charge on any atom is 0.322 e. The summed E-state index contributed by atoms with van der Waals surface area (Å²) in [7, 11) is 1.54. The van der Waals surface area contributed by atoms with Crippen LogP contribution >= 0.6 is 0 Å².